The van der Waals surface area contributed by atoms with Crippen molar-refractivity contribution in [2.45, 2.75) is 50.1 Å². The molecule has 7 rings (SSSR count). The molecule has 1 aromatic carbocycles. The van der Waals surface area contributed by atoms with Crippen LogP contribution < -0.4 is 9.64 Å². The van der Waals surface area contributed by atoms with Crippen LogP contribution in [0.2, 0.25) is 0 Å². The molecule has 12 heteroatoms. The fourth-order valence-corrected chi connectivity index (χ4v) is 7.19. The van der Waals surface area contributed by atoms with Gasteiger partial charge in [-0.3, -0.25) is 9.78 Å². The molecule has 228 valence electrons. The Morgan fingerprint density at radius 1 is 1.20 bits per heavy atom. The summed E-state index contributed by atoms with van der Waals surface area (Å²) in [5, 5.41) is 9.78. The maximum absolute atomic E-state index is 16.5. The number of pyridine rings is 1. The van der Waals surface area contributed by atoms with Crippen molar-refractivity contribution in [1.82, 2.24) is 24.8 Å². The molecule has 2 aromatic heterocycles. The number of hydrogen-bond donors (Lipinski definition) is 0. The highest BCUT2D eigenvalue weighted by atomic mass is 19.1. The molecule has 0 N–H and O–H groups in total. The van der Waals surface area contributed by atoms with E-state index in [9.17, 15) is 18.8 Å². The number of anilines is 1. The fraction of sp³-hybridized carbons (Fsp3) is 0.469. The van der Waals surface area contributed by atoms with Gasteiger partial charge in [0.25, 0.3) is 5.91 Å². The molecule has 44 heavy (non-hydrogen) atoms. The van der Waals surface area contributed by atoms with Crippen LogP contribution in [0.1, 0.15) is 42.7 Å². The number of benzene rings is 1. The number of aromatic nitrogens is 3. The highest BCUT2D eigenvalue weighted by Crippen LogP contribution is 2.58. The molecule has 4 atom stereocenters. The second-order valence-corrected chi connectivity index (χ2v) is 12.3. The van der Waals surface area contributed by atoms with Gasteiger partial charge in [-0.25, -0.2) is 13.2 Å². The Balaban J connectivity index is 1.30. The van der Waals surface area contributed by atoms with Gasteiger partial charge in [0.2, 0.25) is 0 Å². The Labute approximate surface area is 252 Å². The number of carbonyl (C=O) groups is 1. The number of piperazine rings is 1. The molecule has 4 heterocycles. The van der Waals surface area contributed by atoms with Crippen molar-refractivity contribution in [3.05, 3.63) is 53.5 Å². The molecule has 0 spiro atoms. The van der Waals surface area contributed by atoms with Crippen LogP contribution in [0.5, 0.6) is 6.01 Å². The lowest BCUT2D eigenvalue weighted by molar-refractivity contribution is -0.131. The van der Waals surface area contributed by atoms with Crippen molar-refractivity contribution in [1.29, 1.82) is 5.26 Å². The molecule has 9 nitrogen and oxygen atoms in total. The van der Waals surface area contributed by atoms with E-state index < -0.39 is 23.6 Å². The lowest BCUT2D eigenvalue weighted by Crippen LogP contribution is -2.55. The smallest absolute Gasteiger partial charge is 0.319 e. The molecule has 4 aliphatic rings. The number of nitrogens with zero attached hydrogens (tertiary/aromatic N) is 7. The first-order valence-electron chi connectivity index (χ1n) is 15.0. The molecule has 0 radical (unpaired) electrons. The minimum absolute atomic E-state index is 0.00176. The van der Waals surface area contributed by atoms with Gasteiger partial charge in [-0.2, -0.15) is 15.2 Å². The summed E-state index contributed by atoms with van der Waals surface area (Å²) in [5.74, 6) is -1.92. The maximum atomic E-state index is 16.5. The third-order valence-electron chi connectivity index (χ3n) is 9.64. The number of likely N-dealkylation sites (tertiary alicyclic amines) is 1. The Kier molecular flexibility index (Phi) is 7.16. The van der Waals surface area contributed by atoms with Gasteiger partial charge in [-0.15, -0.1) is 0 Å². The van der Waals surface area contributed by atoms with E-state index in [0.717, 1.165) is 31.4 Å². The lowest BCUT2D eigenvalue weighted by Gasteiger charge is -2.41. The van der Waals surface area contributed by atoms with E-state index in [1.54, 1.807) is 6.07 Å². The predicted molar refractivity (Wildman–Crippen MR) is 157 cm³/mol. The molecule has 2 aliphatic heterocycles. The van der Waals surface area contributed by atoms with Gasteiger partial charge in [-0.05, 0) is 74.4 Å². The number of carbonyl (C=O) groups excluding carboxylic acids is 1. The van der Waals surface area contributed by atoms with E-state index in [0.29, 0.717) is 41.3 Å². The summed E-state index contributed by atoms with van der Waals surface area (Å²) < 4.78 is 51.1. The van der Waals surface area contributed by atoms with E-state index in [2.05, 4.69) is 32.5 Å². The fourth-order valence-electron chi connectivity index (χ4n) is 7.19. The first kappa shape index (κ1) is 28.5. The van der Waals surface area contributed by atoms with Crippen molar-refractivity contribution in [3.8, 4) is 23.3 Å². The zero-order valence-corrected chi connectivity index (χ0v) is 24.4. The van der Waals surface area contributed by atoms with Crippen LogP contribution in [-0.4, -0.2) is 82.6 Å². The Hall–Kier alpha value is -4.24. The molecule has 0 unspecified atom stereocenters. The molecular formula is C32H32F3N7O2. The quantitative estimate of drug-likeness (QED) is 0.364. The Morgan fingerprint density at radius 2 is 2.05 bits per heavy atom. The van der Waals surface area contributed by atoms with Crippen LogP contribution in [0.25, 0.3) is 22.2 Å². The van der Waals surface area contributed by atoms with Crippen molar-refractivity contribution >= 4 is 22.6 Å². The van der Waals surface area contributed by atoms with Crippen LogP contribution >= 0.6 is 0 Å². The van der Waals surface area contributed by atoms with E-state index in [4.69, 9.17) is 4.74 Å². The zero-order chi connectivity index (χ0) is 30.7. The standard InChI is InChI=1S/C32H32F3N7O2/c1-17(33)31(43)42-11-10-41(15-19(42)7-8-36)30-24-14-37-28(21-5-6-25(34)26-22-12-18(22)13-23(21)26)27(35)29(24)38-32(39-30)44-16-20-4-3-9-40(20)2/h5-6,14,18-20,22H,1,3-4,7,9-13,15-16H2,2H3/t18-,19+,20+,22-/m1/s1. The van der Waals surface area contributed by atoms with Gasteiger partial charge in [0.1, 0.15) is 29.5 Å². The summed E-state index contributed by atoms with van der Waals surface area (Å²) in [5.41, 5.74) is 2.16. The first-order chi connectivity index (χ1) is 21.2. The predicted octanol–water partition coefficient (Wildman–Crippen LogP) is 4.52. The second kappa shape index (κ2) is 11.0. The van der Waals surface area contributed by atoms with Crippen LogP contribution in [0.4, 0.5) is 19.0 Å². The average Bonchev–Trinajstić information content (AvgIpc) is 3.47. The molecule has 3 fully saturated rings. The summed E-state index contributed by atoms with van der Waals surface area (Å²) in [6.45, 7) is 4.92. The number of halogens is 3. The third kappa shape index (κ3) is 4.83. The van der Waals surface area contributed by atoms with Crippen LogP contribution in [0.3, 0.4) is 0 Å². The number of likely N-dealkylation sites (N-methyl/N-ethyl adjacent to an activating group) is 1. The van der Waals surface area contributed by atoms with Gasteiger partial charge in [0, 0.05) is 37.4 Å². The van der Waals surface area contributed by atoms with Crippen molar-refractivity contribution < 1.29 is 22.7 Å². The molecule has 2 aliphatic carbocycles. The Morgan fingerprint density at radius 3 is 2.80 bits per heavy atom. The normalized spacial score (nSPS) is 24.2. The number of nitriles is 1. The van der Waals surface area contributed by atoms with Gasteiger partial charge in [0.15, 0.2) is 11.6 Å². The second-order valence-electron chi connectivity index (χ2n) is 12.3. The van der Waals surface area contributed by atoms with E-state index in [1.807, 2.05) is 11.9 Å². The molecule has 1 amide bonds. The topological polar surface area (TPSA) is 98.5 Å². The van der Waals surface area contributed by atoms with Crippen LogP contribution in [-0.2, 0) is 11.2 Å². The highest BCUT2D eigenvalue weighted by molar-refractivity contribution is 5.93. The SMILES string of the molecule is C=C(F)C(=O)N1CCN(c2nc(OC[C@@H]3CCCN3C)nc3c(F)c(-c4ccc(F)c5c4C[C@H]4C[C@@H]54)ncc23)C[C@@H]1CC#N. The van der Waals surface area contributed by atoms with Crippen LogP contribution in [0, 0.1) is 28.9 Å². The number of amides is 1. The van der Waals surface area contributed by atoms with Crippen molar-refractivity contribution in [2.24, 2.45) is 5.92 Å². The number of ether oxygens (including phenoxy) is 1. The van der Waals surface area contributed by atoms with Gasteiger partial charge >= 0.3 is 6.01 Å². The highest BCUT2D eigenvalue weighted by Gasteiger charge is 2.48. The monoisotopic (exact) mass is 603 g/mol. The number of fused-ring (bicyclic) bond motifs is 4. The Bertz CT molecular complexity index is 1730. The van der Waals surface area contributed by atoms with E-state index in [-0.39, 0.29) is 61.1 Å². The van der Waals surface area contributed by atoms with E-state index in [1.165, 1.54) is 17.2 Å². The average molecular weight is 604 g/mol. The molecular weight excluding hydrogens is 571 g/mol. The summed E-state index contributed by atoms with van der Waals surface area (Å²) in [6.07, 6.45) is 5.14. The summed E-state index contributed by atoms with van der Waals surface area (Å²) >= 11 is 0. The largest absolute Gasteiger partial charge is 0.462 e. The maximum Gasteiger partial charge on any atom is 0.319 e. The van der Waals surface area contributed by atoms with E-state index >= 15 is 4.39 Å². The summed E-state index contributed by atoms with van der Waals surface area (Å²) in [6, 6.07) is 4.59. The minimum Gasteiger partial charge on any atom is -0.462 e. The van der Waals surface area contributed by atoms with Crippen molar-refractivity contribution in [3.63, 3.8) is 0 Å². The number of rotatable bonds is 7. The minimum atomic E-state index is -1.09. The summed E-state index contributed by atoms with van der Waals surface area (Å²) in [4.78, 5) is 31.5. The molecule has 1 saturated carbocycles. The van der Waals surface area contributed by atoms with Gasteiger partial charge < -0.3 is 19.4 Å². The molecule has 2 saturated heterocycles. The third-order valence-corrected chi connectivity index (χ3v) is 9.64. The summed E-state index contributed by atoms with van der Waals surface area (Å²) in [7, 11) is 2.03. The van der Waals surface area contributed by atoms with Crippen LogP contribution in [0.15, 0.2) is 30.7 Å². The van der Waals surface area contributed by atoms with Crippen molar-refractivity contribution in [2.75, 3.05) is 44.7 Å². The van der Waals surface area contributed by atoms with Gasteiger partial charge in [-0.1, -0.05) is 6.58 Å². The lowest BCUT2D eigenvalue weighted by atomic mass is 9.96. The first-order valence-corrected chi connectivity index (χ1v) is 15.0. The molecule has 3 aromatic rings. The zero-order valence-electron chi connectivity index (χ0n) is 24.4. The number of hydrogen-bond acceptors (Lipinski definition) is 8. The molecule has 0 bridgehead atoms. The van der Waals surface area contributed by atoms with Gasteiger partial charge in [0.05, 0.1) is 23.9 Å².